The van der Waals surface area contributed by atoms with Gasteiger partial charge in [-0.1, -0.05) is 36.4 Å². The molecular weight excluding hydrogens is 250 g/mol. The number of halogens is 2. The fourth-order valence-corrected chi connectivity index (χ4v) is 1.69. The van der Waals surface area contributed by atoms with E-state index in [0.29, 0.717) is 5.56 Å². The van der Waals surface area contributed by atoms with Crippen LogP contribution >= 0.6 is 0 Å². The molecule has 0 unspecified atom stereocenters. The Bertz CT molecular complexity index is 621. The summed E-state index contributed by atoms with van der Waals surface area (Å²) in [4.78, 5) is 23.6. The Hall–Kier alpha value is -2.36. The molecule has 0 aromatic heterocycles. The Labute approximate surface area is 108 Å². The maximum atomic E-state index is 13.4. The second-order valence-electron chi connectivity index (χ2n) is 3.99. The van der Waals surface area contributed by atoms with Gasteiger partial charge in [-0.2, -0.15) is 0 Å². The molecule has 0 aliphatic heterocycles. The van der Waals surface area contributed by atoms with Crippen LogP contribution in [0.15, 0.2) is 48.5 Å². The van der Waals surface area contributed by atoms with E-state index in [1.807, 2.05) is 0 Å². The molecule has 0 saturated heterocycles. The van der Waals surface area contributed by atoms with Crippen LogP contribution in [0.1, 0.15) is 27.1 Å². The van der Waals surface area contributed by atoms with Gasteiger partial charge in [0.05, 0.1) is 12.0 Å². The van der Waals surface area contributed by atoms with Crippen molar-refractivity contribution in [2.75, 3.05) is 0 Å². The third kappa shape index (κ3) is 2.91. The summed E-state index contributed by atoms with van der Waals surface area (Å²) in [6.45, 7) is 0. The Kier molecular flexibility index (Phi) is 3.80. The molecule has 0 saturated carbocycles. The van der Waals surface area contributed by atoms with Crippen molar-refractivity contribution in [2.45, 2.75) is 6.42 Å². The van der Waals surface area contributed by atoms with Crippen LogP contribution in [0.2, 0.25) is 0 Å². The molecule has 2 nitrogen and oxygen atoms in total. The van der Waals surface area contributed by atoms with E-state index in [4.69, 9.17) is 0 Å². The third-order valence-electron chi connectivity index (χ3n) is 2.67. The van der Waals surface area contributed by atoms with Crippen LogP contribution in [-0.2, 0) is 0 Å². The lowest BCUT2D eigenvalue weighted by molar-refractivity contribution is 0.0891. The van der Waals surface area contributed by atoms with Gasteiger partial charge in [-0.3, -0.25) is 9.59 Å². The fraction of sp³-hybridized carbons (Fsp3) is 0.0667. The number of carbonyl (C=O) groups excluding carboxylic acids is 2. The number of benzene rings is 2. The number of hydrogen-bond donors (Lipinski definition) is 0. The lowest BCUT2D eigenvalue weighted by Gasteiger charge is -2.03. The minimum Gasteiger partial charge on any atom is -0.294 e. The molecule has 0 bridgehead atoms. The van der Waals surface area contributed by atoms with Crippen LogP contribution in [0.25, 0.3) is 0 Å². The maximum absolute atomic E-state index is 13.4. The molecule has 0 N–H and O–H groups in total. The van der Waals surface area contributed by atoms with Crippen molar-refractivity contribution in [3.8, 4) is 0 Å². The SMILES string of the molecule is O=C(CC(=O)c1cccc(F)c1F)c1ccccc1. The minimum atomic E-state index is -1.21. The summed E-state index contributed by atoms with van der Waals surface area (Å²) in [6, 6.07) is 11.5. The summed E-state index contributed by atoms with van der Waals surface area (Å²) < 4.78 is 26.4. The van der Waals surface area contributed by atoms with Gasteiger partial charge < -0.3 is 0 Å². The van der Waals surface area contributed by atoms with Crippen molar-refractivity contribution < 1.29 is 18.4 Å². The van der Waals surface area contributed by atoms with Crippen molar-refractivity contribution >= 4 is 11.6 Å². The van der Waals surface area contributed by atoms with Crippen LogP contribution in [0.3, 0.4) is 0 Å². The van der Waals surface area contributed by atoms with Crippen molar-refractivity contribution in [3.63, 3.8) is 0 Å². The smallest absolute Gasteiger partial charge is 0.173 e. The van der Waals surface area contributed by atoms with Gasteiger partial charge in [0.15, 0.2) is 23.2 Å². The number of rotatable bonds is 4. The molecule has 2 aromatic carbocycles. The Morgan fingerprint density at radius 2 is 1.53 bits per heavy atom. The van der Waals surface area contributed by atoms with Crippen LogP contribution in [0, 0.1) is 11.6 Å². The molecule has 0 radical (unpaired) electrons. The van der Waals surface area contributed by atoms with E-state index in [1.165, 1.54) is 12.1 Å². The molecule has 0 amide bonds. The molecule has 0 aliphatic carbocycles. The normalized spacial score (nSPS) is 10.2. The average Bonchev–Trinajstić information content (AvgIpc) is 2.42. The van der Waals surface area contributed by atoms with E-state index in [1.54, 1.807) is 30.3 Å². The Morgan fingerprint density at radius 1 is 0.842 bits per heavy atom. The van der Waals surface area contributed by atoms with Crippen LogP contribution in [0.5, 0.6) is 0 Å². The van der Waals surface area contributed by atoms with Crippen molar-refractivity contribution in [2.24, 2.45) is 0 Å². The van der Waals surface area contributed by atoms with E-state index >= 15 is 0 Å². The monoisotopic (exact) mass is 260 g/mol. The number of ketones is 2. The summed E-state index contributed by atoms with van der Waals surface area (Å²) in [5.41, 5.74) is -0.0306. The van der Waals surface area contributed by atoms with E-state index < -0.39 is 35.2 Å². The van der Waals surface area contributed by atoms with Crippen molar-refractivity contribution in [1.82, 2.24) is 0 Å². The minimum absolute atomic E-state index is 0.368. The predicted molar refractivity (Wildman–Crippen MR) is 66.1 cm³/mol. The molecule has 4 heteroatoms. The van der Waals surface area contributed by atoms with Crippen molar-refractivity contribution in [1.29, 1.82) is 0 Å². The first-order valence-corrected chi connectivity index (χ1v) is 5.65. The Balaban J connectivity index is 2.18. The first kappa shape index (κ1) is 13.1. The van der Waals surface area contributed by atoms with Gasteiger partial charge in [0, 0.05) is 5.56 Å². The standard InChI is InChI=1S/C15H10F2O2/c16-12-8-4-7-11(15(12)17)14(19)9-13(18)10-5-2-1-3-6-10/h1-8H,9H2. The molecular formula is C15H10F2O2. The van der Waals surface area contributed by atoms with Crippen LogP contribution in [-0.4, -0.2) is 11.6 Å². The van der Waals surface area contributed by atoms with Crippen LogP contribution < -0.4 is 0 Å². The summed E-state index contributed by atoms with van der Waals surface area (Å²) in [6.07, 6.45) is -0.482. The molecule has 19 heavy (non-hydrogen) atoms. The van der Waals surface area contributed by atoms with Gasteiger partial charge in [0.1, 0.15) is 0 Å². The highest BCUT2D eigenvalue weighted by Crippen LogP contribution is 2.15. The van der Waals surface area contributed by atoms with E-state index in [-0.39, 0.29) is 0 Å². The van der Waals surface area contributed by atoms with Gasteiger partial charge in [-0.25, -0.2) is 8.78 Å². The van der Waals surface area contributed by atoms with Gasteiger partial charge in [-0.15, -0.1) is 0 Å². The zero-order valence-electron chi connectivity index (χ0n) is 9.90. The Morgan fingerprint density at radius 3 is 2.21 bits per heavy atom. The summed E-state index contributed by atoms with van der Waals surface area (Å²) in [5, 5.41) is 0. The zero-order valence-corrected chi connectivity index (χ0v) is 9.90. The fourth-order valence-electron chi connectivity index (χ4n) is 1.69. The van der Waals surface area contributed by atoms with Crippen LogP contribution in [0.4, 0.5) is 8.78 Å². The third-order valence-corrected chi connectivity index (χ3v) is 2.67. The maximum Gasteiger partial charge on any atom is 0.173 e. The lowest BCUT2D eigenvalue weighted by atomic mass is 10.0. The first-order chi connectivity index (χ1) is 9.09. The van der Waals surface area contributed by atoms with Crippen molar-refractivity contribution in [3.05, 3.63) is 71.3 Å². The van der Waals surface area contributed by atoms with Gasteiger partial charge >= 0.3 is 0 Å². The molecule has 0 fully saturated rings. The summed E-state index contributed by atoms with van der Waals surface area (Å²) >= 11 is 0. The largest absolute Gasteiger partial charge is 0.294 e. The second kappa shape index (κ2) is 5.52. The zero-order chi connectivity index (χ0) is 13.8. The highest BCUT2D eigenvalue weighted by Gasteiger charge is 2.18. The number of carbonyl (C=O) groups is 2. The lowest BCUT2D eigenvalue weighted by Crippen LogP contribution is -2.10. The molecule has 0 heterocycles. The molecule has 2 rings (SSSR count). The molecule has 2 aromatic rings. The number of Topliss-reactive ketones (excluding diaryl/α,β-unsaturated/α-hetero) is 2. The summed E-state index contributed by atoms with van der Waals surface area (Å²) in [7, 11) is 0. The summed E-state index contributed by atoms with van der Waals surface area (Å²) in [5.74, 6) is -3.47. The first-order valence-electron chi connectivity index (χ1n) is 5.65. The molecule has 0 spiro atoms. The van der Waals surface area contributed by atoms with E-state index in [0.717, 1.165) is 6.07 Å². The molecule has 96 valence electrons. The van der Waals surface area contributed by atoms with E-state index in [2.05, 4.69) is 0 Å². The van der Waals surface area contributed by atoms with E-state index in [9.17, 15) is 18.4 Å². The quantitative estimate of drug-likeness (QED) is 0.623. The van der Waals surface area contributed by atoms with Gasteiger partial charge in [0.2, 0.25) is 0 Å². The highest BCUT2D eigenvalue weighted by molar-refractivity contribution is 6.13. The van der Waals surface area contributed by atoms with Gasteiger partial charge in [0.25, 0.3) is 0 Å². The second-order valence-corrected chi connectivity index (χ2v) is 3.99. The number of hydrogen-bond acceptors (Lipinski definition) is 2. The topological polar surface area (TPSA) is 34.1 Å². The average molecular weight is 260 g/mol. The predicted octanol–water partition coefficient (Wildman–Crippen LogP) is 3.42. The highest BCUT2D eigenvalue weighted by atomic mass is 19.2. The van der Waals surface area contributed by atoms with Gasteiger partial charge in [-0.05, 0) is 12.1 Å². The molecule has 0 atom stereocenters. The molecule has 0 aliphatic rings.